The molecule has 0 bridgehead atoms. The van der Waals surface area contributed by atoms with Gasteiger partial charge in [-0.25, -0.2) is 0 Å². The van der Waals surface area contributed by atoms with Gasteiger partial charge in [-0.3, -0.25) is 0 Å². The number of nitrogens with one attached hydrogen (secondary N) is 1. The van der Waals surface area contributed by atoms with Crippen LogP contribution < -0.4 is 5.32 Å². The van der Waals surface area contributed by atoms with Crippen LogP contribution >= 0.6 is 0 Å². The number of hydrogen-bond acceptors (Lipinski definition) is 3. The number of aliphatic hydroxyl groups excluding tert-OH is 1. The summed E-state index contributed by atoms with van der Waals surface area (Å²) in [5.74, 6) is 1.09. The van der Waals surface area contributed by atoms with Crippen molar-refractivity contribution in [1.82, 2.24) is 5.32 Å². The van der Waals surface area contributed by atoms with Crippen molar-refractivity contribution in [3.05, 3.63) is 0 Å². The molecule has 3 nitrogen and oxygen atoms in total. The van der Waals surface area contributed by atoms with Crippen LogP contribution in [-0.4, -0.2) is 37.5 Å². The summed E-state index contributed by atoms with van der Waals surface area (Å²) < 4.78 is 5.37. The molecule has 1 saturated carbocycles. The van der Waals surface area contributed by atoms with E-state index in [0.29, 0.717) is 24.5 Å². The van der Waals surface area contributed by atoms with Crippen molar-refractivity contribution in [2.75, 3.05) is 26.4 Å². The molecule has 1 unspecified atom stereocenters. The Bertz CT molecular complexity index is 186. The maximum Gasteiger partial charge on any atom is 0.0474 e. The Morgan fingerprint density at radius 2 is 1.81 bits per heavy atom. The van der Waals surface area contributed by atoms with E-state index >= 15 is 0 Å². The Morgan fingerprint density at radius 3 is 2.44 bits per heavy atom. The molecule has 1 atom stereocenters. The monoisotopic (exact) mass is 227 g/mol. The van der Waals surface area contributed by atoms with E-state index in [2.05, 4.69) is 5.32 Å². The Hall–Kier alpha value is -0.120. The van der Waals surface area contributed by atoms with E-state index in [-0.39, 0.29) is 0 Å². The molecule has 2 rings (SSSR count). The van der Waals surface area contributed by atoms with Gasteiger partial charge in [0.15, 0.2) is 0 Å². The molecule has 0 aromatic rings. The largest absolute Gasteiger partial charge is 0.396 e. The van der Waals surface area contributed by atoms with Gasteiger partial charge in [0, 0.05) is 32.4 Å². The predicted octanol–water partition coefficient (Wildman–Crippen LogP) is 1.55. The third-order valence-corrected chi connectivity index (χ3v) is 4.19. The third kappa shape index (κ3) is 3.44. The minimum absolute atomic E-state index is 0.324. The molecule has 2 aliphatic rings. The van der Waals surface area contributed by atoms with E-state index in [1.54, 1.807) is 0 Å². The Morgan fingerprint density at radius 1 is 1.12 bits per heavy atom. The van der Waals surface area contributed by atoms with Gasteiger partial charge in [-0.05, 0) is 37.5 Å². The van der Waals surface area contributed by atoms with Crippen LogP contribution in [0.15, 0.2) is 0 Å². The van der Waals surface area contributed by atoms with Crippen LogP contribution in [0.2, 0.25) is 0 Å². The van der Waals surface area contributed by atoms with Crippen molar-refractivity contribution in [2.45, 2.75) is 44.6 Å². The normalized spacial score (nSPS) is 26.1. The molecule has 0 radical (unpaired) electrons. The molecule has 0 aromatic heterocycles. The zero-order valence-electron chi connectivity index (χ0n) is 10.2. The summed E-state index contributed by atoms with van der Waals surface area (Å²) in [7, 11) is 0. The van der Waals surface area contributed by atoms with E-state index in [1.807, 2.05) is 0 Å². The van der Waals surface area contributed by atoms with Gasteiger partial charge >= 0.3 is 0 Å². The predicted molar refractivity (Wildman–Crippen MR) is 64.4 cm³/mol. The van der Waals surface area contributed by atoms with E-state index in [9.17, 15) is 5.11 Å². The molecule has 3 heteroatoms. The van der Waals surface area contributed by atoms with Crippen LogP contribution in [0.3, 0.4) is 0 Å². The fraction of sp³-hybridized carbons (Fsp3) is 1.00. The molecule has 16 heavy (non-hydrogen) atoms. The van der Waals surface area contributed by atoms with Crippen molar-refractivity contribution in [1.29, 1.82) is 0 Å². The first-order valence-electron chi connectivity index (χ1n) is 6.82. The molecule has 1 aliphatic heterocycles. The van der Waals surface area contributed by atoms with Gasteiger partial charge in [0.2, 0.25) is 0 Å². The van der Waals surface area contributed by atoms with E-state index in [0.717, 1.165) is 32.6 Å². The van der Waals surface area contributed by atoms with Crippen LogP contribution in [0.4, 0.5) is 0 Å². The second kappa shape index (κ2) is 6.58. The Labute approximate surface area is 98.6 Å². The standard InChI is InChI=1S/C13H25NO2/c15-10-12(11-5-7-16-8-6-11)9-14-13-3-1-2-4-13/h11-15H,1-10H2. The van der Waals surface area contributed by atoms with Crippen LogP contribution in [0.5, 0.6) is 0 Å². The quantitative estimate of drug-likeness (QED) is 0.749. The first kappa shape index (κ1) is 12.3. The minimum Gasteiger partial charge on any atom is -0.396 e. The second-order valence-corrected chi connectivity index (χ2v) is 5.28. The third-order valence-electron chi connectivity index (χ3n) is 4.19. The van der Waals surface area contributed by atoms with Crippen LogP contribution in [0, 0.1) is 11.8 Å². The fourth-order valence-corrected chi connectivity index (χ4v) is 3.02. The maximum absolute atomic E-state index is 9.47. The van der Waals surface area contributed by atoms with Crippen LogP contribution in [-0.2, 0) is 4.74 Å². The zero-order chi connectivity index (χ0) is 11.2. The summed E-state index contributed by atoms with van der Waals surface area (Å²) in [5, 5.41) is 13.1. The summed E-state index contributed by atoms with van der Waals surface area (Å²) in [6.07, 6.45) is 7.64. The average Bonchev–Trinajstić information content (AvgIpc) is 2.84. The highest BCUT2D eigenvalue weighted by Crippen LogP contribution is 2.24. The summed E-state index contributed by atoms with van der Waals surface area (Å²) in [4.78, 5) is 0. The minimum atomic E-state index is 0.324. The highest BCUT2D eigenvalue weighted by Gasteiger charge is 2.24. The molecule has 1 saturated heterocycles. The molecule has 2 fully saturated rings. The smallest absolute Gasteiger partial charge is 0.0474 e. The van der Waals surface area contributed by atoms with Crippen molar-refractivity contribution < 1.29 is 9.84 Å². The molecule has 0 spiro atoms. The SMILES string of the molecule is OCC(CNC1CCCC1)C1CCOCC1. The molecule has 2 N–H and O–H groups in total. The lowest BCUT2D eigenvalue weighted by Crippen LogP contribution is -2.37. The van der Waals surface area contributed by atoms with Gasteiger partial charge in [0.05, 0.1) is 0 Å². The topological polar surface area (TPSA) is 41.5 Å². The summed E-state index contributed by atoms with van der Waals surface area (Å²) in [6.45, 7) is 3.07. The lowest BCUT2D eigenvalue weighted by molar-refractivity contribution is 0.0328. The Kier molecular flexibility index (Phi) is 5.07. The van der Waals surface area contributed by atoms with E-state index < -0.39 is 0 Å². The summed E-state index contributed by atoms with van der Waals surface area (Å²) in [5.41, 5.74) is 0. The summed E-state index contributed by atoms with van der Waals surface area (Å²) in [6, 6.07) is 0.717. The molecule has 1 aliphatic carbocycles. The molecule has 0 aromatic carbocycles. The van der Waals surface area contributed by atoms with Crippen molar-refractivity contribution >= 4 is 0 Å². The van der Waals surface area contributed by atoms with Crippen LogP contribution in [0.1, 0.15) is 38.5 Å². The van der Waals surface area contributed by atoms with Crippen LogP contribution in [0.25, 0.3) is 0 Å². The molecule has 1 heterocycles. The van der Waals surface area contributed by atoms with Gasteiger partial charge in [-0.1, -0.05) is 12.8 Å². The zero-order valence-corrected chi connectivity index (χ0v) is 10.2. The number of aliphatic hydroxyl groups is 1. The van der Waals surface area contributed by atoms with Gasteiger partial charge in [-0.15, -0.1) is 0 Å². The first-order chi connectivity index (χ1) is 7.90. The number of rotatable bonds is 5. The highest BCUT2D eigenvalue weighted by molar-refractivity contribution is 4.79. The first-order valence-corrected chi connectivity index (χ1v) is 6.82. The highest BCUT2D eigenvalue weighted by atomic mass is 16.5. The van der Waals surface area contributed by atoms with Gasteiger partial charge in [0.1, 0.15) is 0 Å². The molecular formula is C13H25NO2. The van der Waals surface area contributed by atoms with Crippen molar-refractivity contribution in [2.24, 2.45) is 11.8 Å². The van der Waals surface area contributed by atoms with Gasteiger partial charge < -0.3 is 15.2 Å². The van der Waals surface area contributed by atoms with E-state index in [4.69, 9.17) is 4.74 Å². The van der Waals surface area contributed by atoms with Gasteiger partial charge in [0.25, 0.3) is 0 Å². The molecule has 0 amide bonds. The average molecular weight is 227 g/mol. The fourth-order valence-electron chi connectivity index (χ4n) is 3.02. The lowest BCUT2D eigenvalue weighted by atomic mass is 9.86. The molecular weight excluding hydrogens is 202 g/mol. The Balaban J connectivity index is 1.70. The second-order valence-electron chi connectivity index (χ2n) is 5.28. The maximum atomic E-state index is 9.47. The molecule has 94 valence electrons. The van der Waals surface area contributed by atoms with Crippen molar-refractivity contribution in [3.63, 3.8) is 0 Å². The number of ether oxygens (including phenoxy) is 1. The summed E-state index contributed by atoms with van der Waals surface area (Å²) >= 11 is 0. The van der Waals surface area contributed by atoms with E-state index in [1.165, 1.54) is 25.7 Å². The van der Waals surface area contributed by atoms with Crippen molar-refractivity contribution in [3.8, 4) is 0 Å². The number of hydrogen-bond donors (Lipinski definition) is 2. The van der Waals surface area contributed by atoms with Gasteiger partial charge in [-0.2, -0.15) is 0 Å². The lowest BCUT2D eigenvalue weighted by Gasteiger charge is -2.30.